The number of guanidine groups is 3. The van der Waals surface area contributed by atoms with E-state index in [0.29, 0.717) is 35.7 Å². The fraction of sp³-hybridized carbons (Fsp3) is 0.671. The smallest absolute Gasteiger partial charge is 0.243 e. The van der Waals surface area contributed by atoms with E-state index in [1.54, 1.807) is 87.6 Å². The minimum Gasteiger partial charge on any atom is -0.370 e. The number of nitrogens with one attached hydrogen (secondary N) is 12. The van der Waals surface area contributed by atoms with Crippen molar-refractivity contribution in [1.82, 2.24) is 63.5 Å². The van der Waals surface area contributed by atoms with Gasteiger partial charge in [-0.2, -0.15) is 0 Å². The maximum Gasteiger partial charge on any atom is 0.243 e. The molecule has 596 valence electrons. The number of amides is 12. The quantitative estimate of drug-likeness (QED) is 0.0177. The molecule has 0 spiro atoms. The lowest BCUT2D eigenvalue weighted by atomic mass is 9.95. The molecule has 2 rings (SSSR count). The summed E-state index contributed by atoms with van der Waals surface area (Å²) in [5.41, 5.74) is 52.1. The third-order valence-corrected chi connectivity index (χ3v) is 18.0. The molecule has 1 heterocycles. The van der Waals surface area contributed by atoms with Crippen LogP contribution in [0.5, 0.6) is 0 Å². The second-order valence-corrected chi connectivity index (χ2v) is 28.4. The number of para-hydroxylation sites is 1. The largest absolute Gasteiger partial charge is 0.370 e. The van der Waals surface area contributed by atoms with Crippen LogP contribution in [0, 0.1) is 35.5 Å². The van der Waals surface area contributed by atoms with Gasteiger partial charge in [-0.1, -0.05) is 114 Å². The van der Waals surface area contributed by atoms with Gasteiger partial charge < -0.3 is 115 Å². The molecule has 0 fully saturated rings. The Kier molecular flexibility index (Phi) is 40.8. The van der Waals surface area contributed by atoms with Gasteiger partial charge in [0.25, 0.3) is 0 Å². The Balaban J connectivity index is 2.52. The number of carbonyl (C=O) groups is 12. The second-order valence-electron chi connectivity index (χ2n) is 28.4. The molecule has 0 unspecified atom stereocenters. The van der Waals surface area contributed by atoms with Crippen LogP contribution >= 0.6 is 0 Å². The Bertz CT molecular complexity index is 3310. The SMILES string of the molecule is CC[C@H](C)[C@H](NC(=O)[C@H](CCCN=C(N)N)NC(=O)[C@@H](NC(=O)[C@H](C)NC(=O)[C@@H](NC(=O)[C@@H](NC(=O)[C@H](CC(C)C)NC(=O)[C@H](CCCN)NC(=O)[C@@H](N)C(C)C)[C@@H](C)CC)C(C)C)C(C)C)C(=O)N[C@@H](Cc1c[nH]c2ccccc12)C(=O)N[C@@H](CCCN=C(N)N)C(=O)N[C@@H](CCCN=C(N)N)C(N)=O. The molecule has 2 aromatic rings. The van der Waals surface area contributed by atoms with Crippen LogP contribution in [-0.4, -0.2) is 192 Å². The van der Waals surface area contributed by atoms with Crippen LogP contribution in [0.4, 0.5) is 0 Å². The molecule has 0 aliphatic rings. The van der Waals surface area contributed by atoms with E-state index in [1.807, 2.05) is 26.0 Å². The van der Waals surface area contributed by atoms with Crippen molar-refractivity contribution >= 4 is 99.7 Å². The number of primary amides is 1. The second kappa shape index (κ2) is 46.9. The van der Waals surface area contributed by atoms with Gasteiger partial charge in [0.15, 0.2) is 17.9 Å². The highest BCUT2D eigenvalue weighted by molar-refractivity contribution is 6.00. The molecule has 1 aromatic carbocycles. The summed E-state index contributed by atoms with van der Waals surface area (Å²) in [5.74, 6) is -12.6. The van der Waals surface area contributed by atoms with Gasteiger partial charge in [0.1, 0.15) is 66.5 Å². The monoisotopic (exact) mass is 1490 g/mol. The Labute approximate surface area is 622 Å². The van der Waals surface area contributed by atoms with Crippen molar-refractivity contribution in [3.63, 3.8) is 0 Å². The van der Waals surface area contributed by atoms with Crippen LogP contribution in [0.15, 0.2) is 45.4 Å². The number of benzene rings is 1. The van der Waals surface area contributed by atoms with Crippen molar-refractivity contribution in [3.8, 4) is 0 Å². The van der Waals surface area contributed by atoms with Gasteiger partial charge in [-0.3, -0.25) is 72.5 Å². The number of fused-ring (bicyclic) bond motifs is 1. The minimum atomic E-state index is -1.44. The van der Waals surface area contributed by atoms with Crippen LogP contribution in [0.1, 0.15) is 166 Å². The molecular formula is C70H124N24O12. The number of nitrogens with two attached hydrogens (primary N) is 9. The minimum absolute atomic E-state index is 0.0114. The molecule has 36 heteroatoms. The fourth-order valence-electron chi connectivity index (χ4n) is 11.1. The number of aliphatic imine (C=N–C) groups is 3. The summed E-state index contributed by atoms with van der Waals surface area (Å²) >= 11 is 0. The van der Waals surface area contributed by atoms with Crippen LogP contribution in [0.2, 0.25) is 0 Å². The number of carbonyl (C=O) groups excluding carboxylic acids is 12. The summed E-state index contributed by atoms with van der Waals surface area (Å²) in [5, 5.41) is 30.7. The van der Waals surface area contributed by atoms with Crippen molar-refractivity contribution < 1.29 is 57.5 Å². The van der Waals surface area contributed by atoms with Crippen LogP contribution < -0.4 is 110 Å². The summed E-state index contributed by atoms with van der Waals surface area (Å²) < 4.78 is 0. The van der Waals surface area contributed by atoms with Gasteiger partial charge in [0.2, 0.25) is 70.9 Å². The first-order valence-electron chi connectivity index (χ1n) is 36.6. The van der Waals surface area contributed by atoms with Gasteiger partial charge in [-0.25, -0.2) is 0 Å². The van der Waals surface area contributed by atoms with Crippen molar-refractivity contribution in [3.05, 3.63) is 36.0 Å². The first-order valence-corrected chi connectivity index (χ1v) is 36.6. The predicted octanol–water partition coefficient (Wildman–Crippen LogP) is -3.12. The van der Waals surface area contributed by atoms with Crippen molar-refractivity contribution in [2.45, 2.75) is 240 Å². The first-order chi connectivity index (χ1) is 49.8. The molecule has 30 N–H and O–H groups in total. The molecule has 0 aliphatic carbocycles. The predicted molar refractivity (Wildman–Crippen MR) is 407 cm³/mol. The number of H-pyrrole nitrogens is 1. The maximum atomic E-state index is 14.9. The topological polar surface area (TPSA) is 624 Å². The van der Waals surface area contributed by atoms with Crippen LogP contribution in [0.25, 0.3) is 10.9 Å². The summed E-state index contributed by atoms with van der Waals surface area (Å²) in [6.45, 7) is 22.6. The Hall–Kier alpha value is -9.87. The van der Waals surface area contributed by atoms with Gasteiger partial charge >= 0.3 is 0 Å². The molecular weight excluding hydrogens is 1370 g/mol. The lowest BCUT2D eigenvalue weighted by Crippen LogP contribution is -2.62. The third kappa shape index (κ3) is 32.2. The van der Waals surface area contributed by atoms with Crippen LogP contribution in [0.3, 0.4) is 0 Å². The highest BCUT2D eigenvalue weighted by Gasteiger charge is 2.39. The van der Waals surface area contributed by atoms with E-state index in [2.05, 4.69) is 78.4 Å². The Morgan fingerprint density at radius 2 is 0.764 bits per heavy atom. The summed E-state index contributed by atoms with van der Waals surface area (Å²) in [6, 6.07) is -7.89. The molecule has 14 atom stereocenters. The van der Waals surface area contributed by atoms with E-state index >= 15 is 0 Å². The number of nitrogens with zero attached hydrogens (tertiary/aromatic N) is 3. The number of hydrogen-bond acceptors (Lipinski definition) is 17. The molecule has 0 saturated carbocycles. The molecule has 0 radical (unpaired) electrons. The number of rotatable bonds is 49. The lowest BCUT2D eigenvalue weighted by Gasteiger charge is -2.31. The average Bonchev–Trinajstić information content (AvgIpc) is 1.60. The van der Waals surface area contributed by atoms with E-state index in [4.69, 9.17) is 51.6 Å². The maximum absolute atomic E-state index is 14.9. The lowest BCUT2D eigenvalue weighted by molar-refractivity contribution is -0.137. The Morgan fingerprint density at radius 3 is 1.21 bits per heavy atom. The van der Waals surface area contributed by atoms with E-state index < -0.39 is 167 Å². The summed E-state index contributed by atoms with van der Waals surface area (Å²) in [4.78, 5) is 185. The van der Waals surface area contributed by atoms with Gasteiger partial charge in [0.05, 0.1) is 6.04 Å². The fourth-order valence-corrected chi connectivity index (χ4v) is 11.1. The Morgan fingerprint density at radius 1 is 0.406 bits per heavy atom. The highest BCUT2D eigenvalue weighted by atomic mass is 16.2. The van der Waals surface area contributed by atoms with E-state index in [0.717, 1.165) is 0 Å². The van der Waals surface area contributed by atoms with Gasteiger partial charge in [-0.15, -0.1) is 0 Å². The van der Waals surface area contributed by atoms with Gasteiger partial charge in [-0.05, 0) is 118 Å². The van der Waals surface area contributed by atoms with Crippen molar-refractivity contribution in [2.75, 3.05) is 26.2 Å². The van der Waals surface area contributed by atoms with E-state index in [1.165, 1.54) is 6.92 Å². The number of aromatic amines is 1. The molecule has 36 nitrogen and oxygen atoms in total. The zero-order valence-corrected chi connectivity index (χ0v) is 64.0. The zero-order valence-electron chi connectivity index (χ0n) is 64.0. The summed E-state index contributed by atoms with van der Waals surface area (Å²) in [7, 11) is 0. The molecule has 0 aliphatic heterocycles. The number of aromatic nitrogens is 1. The molecule has 106 heavy (non-hydrogen) atoms. The standard InChI is InChI=1S/C70H124N24O12/c1-14-39(11)54(66(105)90-50(33-42-34-83-44-23-17-16-22-43(42)44)61(100)86-47(26-20-30-81-69(76)77)58(97)85-45(56(73)95)25-19-29-80-68(74)75)93-60(99)48(27-21-31-82-70(78)79)88-65(104)53(38(9)10)91-57(96)41(13)84-64(103)52(37(7)8)92-67(106)55(40(12)15-2)94-62(101)49(32-35(3)4)89-59(98)46(24-18-28-71)87-63(102)51(72)36(5)6/h16-17,22-23,34-41,45-55,83H,14-15,18-21,24-33,71-72H2,1-13H3,(H2,73,95)(H,84,103)(H,85,97)(H,86,100)(H,87,102)(H,88,104)(H,89,98)(H,90,105)(H,91,96)(H,92,106)(H,93,99)(H,94,101)(H4,74,75,80)(H4,76,77,81)(H4,78,79,82)/t39-,40-,41-,45-,46-,47-,48-,49-,50-,51-,52-,53-,54-,55-/m0/s1. The molecule has 0 saturated heterocycles. The van der Waals surface area contributed by atoms with Crippen LogP contribution in [-0.2, 0) is 64.0 Å². The molecule has 1 aromatic heterocycles. The average molecular weight is 1490 g/mol. The number of hydrogen-bond donors (Lipinski definition) is 21. The van der Waals surface area contributed by atoms with Crippen molar-refractivity contribution in [1.29, 1.82) is 0 Å². The molecule has 12 amide bonds. The summed E-state index contributed by atoms with van der Waals surface area (Å²) in [6.07, 6.45) is 3.30. The van der Waals surface area contributed by atoms with E-state index in [9.17, 15) is 57.5 Å². The zero-order chi connectivity index (χ0) is 80.2. The van der Waals surface area contributed by atoms with Gasteiger partial charge in [0, 0.05) is 43.2 Å². The third-order valence-electron chi connectivity index (χ3n) is 18.0. The van der Waals surface area contributed by atoms with E-state index in [-0.39, 0.29) is 114 Å². The van der Waals surface area contributed by atoms with Crippen molar-refractivity contribution in [2.24, 2.45) is 102 Å². The normalized spacial score (nSPS) is 15.3. The molecule has 0 bridgehead atoms. The first kappa shape index (κ1) is 92.2. The highest BCUT2D eigenvalue weighted by Crippen LogP contribution is 2.21.